The molecule has 6 heteroatoms. The lowest BCUT2D eigenvalue weighted by Gasteiger charge is -2.27. The Morgan fingerprint density at radius 2 is 2.09 bits per heavy atom. The summed E-state index contributed by atoms with van der Waals surface area (Å²) < 4.78 is 11.0. The van der Waals surface area contributed by atoms with Gasteiger partial charge in [-0.25, -0.2) is 4.79 Å². The fourth-order valence-electron chi connectivity index (χ4n) is 2.81. The monoisotopic (exact) mass is 305 g/mol. The van der Waals surface area contributed by atoms with Crippen LogP contribution in [0.3, 0.4) is 0 Å². The van der Waals surface area contributed by atoms with Crippen molar-refractivity contribution in [2.45, 2.75) is 12.5 Å². The fraction of sp³-hybridized carbons (Fsp3) is 0.562. The average Bonchev–Trinajstić information content (AvgIpc) is 2.56. The molecule has 1 fully saturated rings. The van der Waals surface area contributed by atoms with E-state index >= 15 is 0 Å². The zero-order valence-corrected chi connectivity index (χ0v) is 12.7. The lowest BCUT2D eigenvalue weighted by atomic mass is 10.0. The summed E-state index contributed by atoms with van der Waals surface area (Å²) in [4.78, 5) is 14.2. The second kappa shape index (κ2) is 7.47. The Hall–Kier alpha value is -1.79. The van der Waals surface area contributed by atoms with Gasteiger partial charge in [0.1, 0.15) is 12.4 Å². The number of fused-ring (bicyclic) bond motifs is 1. The van der Waals surface area contributed by atoms with Crippen molar-refractivity contribution >= 4 is 6.03 Å². The van der Waals surface area contributed by atoms with Crippen LogP contribution in [0.5, 0.6) is 5.75 Å². The average molecular weight is 305 g/mol. The summed E-state index contributed by atoms with van der Waals surface area (Å²) in [5, 5.41) is 5.89. The molecule has 0 bridgehead atoms. The summed E-state index contributed by atoms with van der Waals surface area (Å²) in [6.45, 7) is 5.48. The predicted molar refractivity (Wildman–Crippen MR) is 83.2 cm³/mol. The molecule has 2 heterocycles. The highest BCUT2D eigenvalue weighted by Crippen LogP contribution is 2.23. The number of carbonyl (C=O) groups is 1. The van der Waals surface area contributed by atoms with Crippen molar-refractivity contribution < 1.29 is 14.3 Å². The number of hydrogen-bond acceptors (Lipinski definition) is 4. The van der Waals surface area contributed by atoms with Crippen molar-refractivity contribution in [2.75, 3.05) is 46.0 Å². The van der Waals surface area contributed by atoms with Crippen LogP contribution in [0, 0.1) is 0 Å². The summed E-state index contributed by atoms with van der Waals surface area (Å²) in [6, 6.07) is 7.87. The number of benzene rings is 1. The van der Waals surface area contributed by atoms with E-state index in [1.54, 1.807) is 0 Å². The van der Waals surface area contributed by atoms with E-state index in [1.165, 1.54) is 0 Å². The normalized spacial score (nSPS) is 21.5. The Kier molecular flexibility index (Phi) is 5.13. The third kappa shape index (κ3) is 4.11. The number of nitrogens with zero attached hydrogens (tertiary/aromatic N) is 1. The first kappa shape index (κ1) is 15.1. The number of ether oxygens (including phenoxy) is 2. The maximum atomic E-state index is 11.9. The van der Waals surface area contributed by atoms with Crippen LogP contribution in [0.25, 0.3) is 0 Å². The smallest absolute Gasteiger partial charge is 0.315 e. The van der Waals surface area contributed by atoms with Gasteiger partial charge in [0, 0.05) is 26.2 Å². The summed E-state index contributed by atoms with van der Waals surface area (Å²) >= 11 is 0. The Bertz CT molecular complexity index is 503. The molecule has 3 rings (SSSR count). The molecule has 0 saturated carbocycles. The highest BCUT2D eigenvalue weighted by Gasteiger charge is 2.20. The molecule has 0 spiro atoms. The molecule has 1 atom stereocenters. The number of morpholine rings is 1. The Labute approximate surface area is 130 Å². The summed E-state index contributed by atoms with van der Waals surface area (Å²) in [6.07, 6.45) is 0.813. The van der Waals surface area contributed by atoms with Crippen LogP contribution in [0.15, 0.2) is 24.3 Å². The van der Waals surface area contributed by atoms with Crippen molar-refractivity contribution in [1.82, 2.24) is 15.5 Å². The third-order valence-corrected chi connectivity index (χ3v) is 4.03. The number of amides is 2. The van der Waals surface area contributed by atoms with Crippen LogP contribution in [0.2, 0.25) is 0 Å². The molecule has 1 saturated heterocycles. The Morgan fingerprint density at radius 3 is 2.95 bits per heavy atom. The van der Waals surface area contributed by atoms with Gasteiger partial charge in [-0.3, -0.25) is 4.90 Å². The molecular weight excluding hydrogens is 282 g/mol. The molecule has 22 heavy (non-hydrogen) atoms. The largest absolute Gasteiger partial charge is 0.491 e. The van der Waals surface area contributed by atoms with Gasteiger partial charge in [-0.15, -0.1) is 0 Å². The van der Waals surface area contributed by atoms with E-state index in [1.807, 2.05) is 24.3 Å². The minimum absolute atomic E-state index is 0.0262. The number of para-hydroxylation sites is 1. The molecule has 2 N–H and O–H groups in total. The molecule has 0 aliphatic carbocycles. The van der Waals surface area contributed by atoms with Gasteiger partial charge in [0.2, 0.25) is 0 Å². The van der Waals surface area contributed by atoms with Crippen LogP contribution < -0.4 is 15.4 Å². The van der Waals surface area contributed by atoms with E-state index in [0.29, 0.717) is 13.2 Å². The van der Waals surface area contributed by atoms with Gasteiger partial charge >= 0.3 is 6.03 Å². The zero-order valence-electron chi connectivity index (χ0n) is 12.7. The van der Waals surface area contributed by atoms with Crippen LogP contribution in [0.4, 0.5) is 4.79 Å². The van der Waals surface area contributed by atoms with E-state index in [4.69, 9.17) is 9.47 Å². The first-order valence-corrected chi connectivity index (χ1v) is 7.86. The second-order valence-electron chi connectivity index (χ2n) is 5.67. The minimum atomic E-state index is -0.124. The Balaban J connectivity index is 1.37. The third-order valence-electron chi connectivity index (χ3n) is 4.03. The predicted octanol–water partition coefficient (Wildman–Crippen LogP) is 0.622. The van der Waals surface area contributed by atoms with Gasteiger partial charge < -0.3 is 20.1 Å². The van der Waals surface area contributed by atoms with Crippen LogP contribution in [-0.4, -0.2) is 63.0 Å². The molecule has 2 aliphatic heterocycles. The number of urea groups is 1. The highest BCUT2D eigenvalue weighted by atomic mass is 16.5. The number of nitrogens with one attached hydrogen (secondary N) is 2. The van der Waals surface area contributed by atoms with Crippen molar-refractivity contribution in [1.29, 1.82) is 0 Å². The Morgan fingerprint density at radius 1 is 1.27 bits per heavy atom. The van der Waals surface area contributed by atoms with E-state index in [2.05, 4.69) is 15.5 Å². The topological polar surface area (TPSA) is 62.8 Å². The first-order chi connectivity index (χ1) is 10.8. The van der Waals surface area contributed by atoms with E-state index < -0.39 is 0 Å². The van der Waals surface area contributed by atoms with Gasteiger partial charge in [-0.1, -0.05) is 18.2 Å². The maximum Gasteiger partial charge on any atom is 0.315 e. The van der Waals surface area contributed by atoms with Gasteiger partial charge in [0.25, 0.3) is 0 Å². The molecule has 1 aromatic carbocycles. The van der Waals surface area contributed by atoms with Gasteiger partial charge in [0.15, 0.2) is 0 Å². The van der Waals surface area contributed by atoms with E-state index in [9.17, 15) is 4.79 Å². The van der Waals surface area contributed by atoms with Gasteiger partial charge in [-0.05, 0) is 18.1 Å². The molecule has 0 unspecified atom stereocenters. The lowest BCUT2D eigenvalue weighted by molar-refractivity contribution is 0.0387. The number of rotatable bonds is 4. The highest BCUT2D eigenvalue weighted by molar-refractivity contribution is 5.74. The van der Waals surface area contributed by atoms with E-state index in [0.717, 1.165) is 50.6 Å². The van der Waals surface area contributed by atoms with Crippen molar-refractivity contribution in [3.05, 3.63) is 29.8 Å². The van der Waals surface area contributed by atoms with Crippen LogP contribution in [-0.2, 0) is 11.2 Å². The molecule has 1 aromatic rings. The first-order valence-electron chi connectivity index (χ1n) is 7.86. The quantitative estimate of drug-likeness (QED) is 0.856. The fourth-order valence-corrected chi connectivity index (χ4v) is 2.81. The van der Waals surface area contributed by atoms with Crippen LogP contribution in [0.1, 0.15) is 5.56 Å². The van der Waals surface area contributed by atoms with Crippen LogP contribution >= 0.6 is 0 Å². The van der Waals surface area contributed by atoms with Crippen molar-refractivity contribution in [2.24, 2.45) is 0 Å². The lowest BCUT2D eigenvalue weighted by Crippen LogP contribution is -2.49. The van der Waals surface area contributed by atoms with Crippen molar-refractivity contribution in [3.63, 3.8) is 0 Å². The minimum Gasteiger partial charge on any atom is -0.491 e. The molecule has 120 valence electrons. The number of carbonyl (C=O) groups excluding carboxylic acids is 1. The molecule has 6 nitrogen and oxygen atoms in total. The molecule has 0 aromatic heterocycles. The summed E-state index contributed by atoms with van der Waals surface area (Å²) in [5.41, 5.74) is 1.15. The number of hydrogen-bond donors (Lipinski definition) is 2. The maximum absolute atomic E-state index is 11.9. The van der Waals surface area contributed by atoms with Gasteiger partial charge in [-0.2, -0.15) is 0 Å². The SMILES string of the molecule is O=C(NCCN1CCOCC1)N[C@@H]1COc2ccccc2C1. The molecule has 2 aliphatic rings. The van der Waals surface area contributed by atoms with Gasteiger partial charge in [0.05, 0.1) is 19.3 Å². The second-order valence-corrected chi connectivity index (χ2v) is 5.67. The molecular formula is C16H23N3O3. The summed E-state index contributed by atoms with van der Waals surface area (Å²) in [5.74, 6) is 0.924. The summed E-state index contributed by atoms with van der Waals surface area (Å²) in [7, 11) is 0. The van der Waals surface area contributed by atoms with Crippen molar-refractivity contribution in [3.8, 4) is 5.75 Å². The van der Waals surface area contributed by atoms with E-state index in [-0.39, 0.29) is 12.1 Å². The standard InChI is InChI=1S/C16H23N3O3/c20-16(17-5-6-19-7-9-21-10-8-19)18-14-11-13-3-1-2-4-15(13)22-12-14/h1-4,14H,5-12H2,(H2,17,18,20)/t14-/m0/s1. The molecule has 0 radical (unpaired) electrons. The molecule has 2 amide bonds. The zero-order chi connectivity index (χ0) is 15.2.